The predicted octanol–water partition coefficient (Wildman–Crippen LogP) is 4.81. The zero-order valence-electron chi connectivity index (χ0n) is 47.1. The third kappa shape index (κ3) is 26.8. The summed E-state index contributed by atoms with van der Waals surface area (Å²) in [5.41, 5.74) is 0. The van der Waals surface area contributed by atoms with E-state index < -0.39 is 124 Å². The van der Waals surface area contributed by atoms with Crippen LogP contribution in [0.1, 0.15) is 155 Å². The molecule has 0 spiro atoms. The lowest BCUT2D eigenvalue weighted by Crippen LogP contribution is -2.66. The van der Waals surface area contributed by atoms with Gasteiger partial charge in [0.25, 0.3) is 0 Å². The van der Waals surface area contributed by atoms with Crippen molar-refractivity contribution in [2.75, 3.05) is 26.4 Å². The van der Waals surface area contributed by atoms with E-state index in [4.69, 9.17) is 28.4 Å². The Kier molecular flexibility index (Phi) is 38.0. The Balaban J connectivity index is 1.50. The fraction of sp³-hybridized carbons (Fsp3) is 0.750. The van der Waals surface area contributed by atoms with Crippen molar-refractivity contribution >= 4 is 5.91 Å². The molecule has 0 aromatic carbocycles. The number of hydrogen-bond acceptors (Lipinski definition) is 18. The number of unbranched alkanes of at least 4 members (excludes halogenated alkanes) is 11. The first-order valence-corrected chi connectivity index (χ1v) is 29.3. The largest absolute Gasteiger partial charge is 0.394 e. The Morgan fingerprint density at radius 2 is 0.861 bits per heavy atom. The van der Waals surface area contributed by atoms with E-state index in [1.54, 1.807) is 0 Å². The molecule has 3 saturated heterocycles. The van der Waals surface area contributed by atoms with E-state index in [1.165, 1.54) is 44.9 Å². The summed E-state index contributed by atoms with van der Waals surface area (Å²) in [7, 11) is 0. The molecule has 19 nitrogen and oxygen atoms in total. The van der Waals surface area contributed by atoms with E-state index >= 15 is 0 Å². The number of amides is 1. The van der Waals surface area contributed by atoms with Crippen molar-refractivity contribution in [2.45, 2.75) is 259 Å². The van der Waals surface area contributed by atoms with Gasteiger partial charge in [-0.15, -0.1) is 0 Å². The van der Waals surface area contributed by atoms with Crippen LogP contribution in [0.3, 0.4) is 0 Å². The van der Waals surface area contributed by atoms with E-state index in [0.29, 0.717) is 25.7 Å². The van der Waals surface area contributed by atoms with Gasteiger partial charge in [-0.1, -0.05) is 170 Å². The molecule has 12 N–H and O–H groups in total. The molecule has 3 heterocycles. The van der Waals surface area contributed by atoms with Crippen LogP contribution in [0, 0.1) is 0 Å². The van der Waals surface area contributed by atoms with Gasteiger partial charge in [0.1, 0.15) is 73.2 Å². The predicted molar refractivity (Wildman–Crippen MR) is 300 cm³/mol. The summed E-state index contributed by atoms with van der Waals surface area (Å²) in [5.74, 6) is -0.306. The van der Waals surface area contributed by atoms with Crippen molar-refractivity contribution in [1.82, 2.24) is 5.32 Å². The summed E-state index contributed by atoms with van der Waals surface area (Å²) in [4.78, 5) is 13.3. The van der Waals surface area contributed by atoms with Gasteiger partial charge >= 0.3 is 0 Å². The number of allylic oxidation sites excluding steroid dienone is 14. The lowest BCUT2D eigenvalue weighted by molar-refractivity contribution is -0.379. The van der Waals surface area contributed by atoms with Crippen LogP contribution in [0.15, 0.2) is 85.1 Å². The highest BCUT2D eigenvalue weighted by molar-refractivity contribution is 5.76. The average molecular weight is 1120 g/mol. The molecule has 1 amide bonds. The number of carbonyl (C=O) groups excluding carboxylic acids is 1. The van der Waals surface area contributed by atoms with Crippen molar-refractivity contribution in [2.24, 2.45) is 0 Å². The van der Waals surface area contributed by atoms with Crippen LogP contribution in [0.2, 0.25) is 0 Å². The first kappa shape index (κ1) is 70.2. The second-order valence-electron chi connectivity index (χ2n) is 20.7. The zero-order valence-corrected chi connectivity index (χ0v) is 47.1. The first-order chi connectivity index (χ1) is 38.3. The molecule has 3 fully saturated rings. The summed E-state index contributed by atoms with van der Waals surface area (Å²) >= 11 is 0. The molecular formula is C60H101NO18. The highest BCUT2D eigenvalue weighted by atomic mass is 16.8. The molecule has 0 aromatic rings. The van der Waals surface area contributed by atoms with Crippen LogP contribution >= 0.6 is 0 Å². The fourth-order valence-corrected chi connectivity index (χ4v) is 9.42. The number of hydrogen-bond donors (Lipinski definition) is 12. The second-order valence-corrected chi connectivity index (χ2v) is 20.7. The minimum absolute atomic E-state index is 0.181. The maximum atomic E-state index is 13.3. The molecule has 0 radical (unpaired) electrons. The molecule has 17 unspecified atom stereocenters. The lowest BCUT2D eigenvalue weighted by atomic mass is 9.96. The van der Waals surface area contributed by atoms with E-state index in [1.807, 2.05) is 6.08 Å². The van der Waals surface area contributed by atoms with E-state index in [-0.39, 0.29) is 18.9 Å². The average Bonchev–Trinajstić information content (AvgIpc) is 3.49. The van der Waals surface area contributed by atoms with Gasteiger partial charge in [0.2, 0.25) is 5.91 Å². The number of rotatable bonds is 41. The van der Waals surface area contributed by atoms with Gasteiger partial charge in [0.15, 0.2) is 18.9 Å². The molecule has 0 saturated carbocycles. The number of ether oxygens (including phenoxy) is 6. The normalized spacial score (nSPS) is 30.9. The minimum Gasteiger partial charge on any atom is -0.394 e. The first-order valence-electron chi connectivity index (χ1n) is 29.3. The maximum absolute atomic E-state index is 13.3. The van der Waals surface area contributed by atoms with Crippen molar-refractivity contribution in [1.29, 1.82) is 0 Å². The van der Waals surface area contributed by atoms with E-state index in [2.05, 4.69) is 98.2 Å². The molecule has 3 rings (SSSR count). The molecule has 0 aliphatic carbocycles. The maximum Gasteiger partial charge on any atom is 0.220 e. The highest BCUT2D eigenvalue weighted by Crippen LogP contribution is 2.33. The van der Waals surface area contributed by atoms with Crippen LogP contribution in [-0.2, 0) is 33.2 Å². The molecule has 17 atom stereocenters. The lowest BCUT2D eigenvalue weighted by Gasteiger charge is -2.48. The quantitative estimate of drug-likeness (QED) is 0.0289. The molecule has 0 aromatic heterocycles. The third-order valence-corrected chi connectivity index (χ3v) is 14.2. The van der Waals surface area contributed by atoms with Crippen LogP contribution < -0.4 is 5.32 Å². The van der Waals surface area contributed by atoms with Gasteiger partial charge < -0.3 is 89.9 Å². The van der Waals surface area contributed by atoms with Crippen molar-refractivity contribution in [3.8, 4) is 0 Å². The second kappa shape index (κ2) is 42.7. The fourth-order valence-electron chi connectivity index (χ4n) is 9.42. The van der Waals surface area contributed by atoms with Gasteiger partial charge in [0.05, 0.1) is 38.6 Å². The van der Waals surface area contributed by atoms with Crippen LogP contribution in [0.5, 0.6) is 0 Å². The standard InChI is InChI=1S/C60H101NO18/c1-3-5-7-9-11-13-15-16-17-18-19-20-21-22-23-24-25-26-28-30-32-34-36-38-48(66)61-43(44(65)37-35-33-31-29-27-14-12-10-8-6-4-2)42-74-58-54(72)51(69)56(46(40-63)76-58)79-60-55(73)52(70)57(47(41-64)77-60)78-59-53(71)50(68)49(67)45(39-62)75-59/h5,7,11,13,16-17,19-20,22-23,25-26,30,32,43-47,49-60,62-65,67-73H,3-4,6,8-10,12,14-15,18,21,24,27-29,31,33-42H2,1-2H3,(H,61,66)/b7-5-,13-11-,17-16-,20-19-,23-22-,26-25-,32-30-. The van der Waals surface area contributed by atoms with Gasteiger partial charge in [0, 0.05) is 6.42 Å². The van der Waals surface area contributed by atoms with Gasteiger partial charge in [-0.2, -0.15) is 0 Å². The summed E-state index contributed by atoms with van der Waals surface area (Å²) in [6.45, 7) is 1.58. The minimum atomic E-state index is -1.98. The van der Waals surface area contributed by atoms with Crippen molar-refractivity contribution in [3.05, 3.63) is 85.1 Å². The topological polar surface area (TPSA) is 307 Å². The number of aliphatic hydroxyl groups excluding tert-OH is 11. The smallest absolute Gasteiger partial charge is 0.220 e. The van der Waals surface area contributed by atoms with Gasteiger partial charge in [-0.25, -0.2) is 0 Å². The monoisotopic (exact) mass is 1120 g/mol. The Morgan fingerprint density at radius 1 is 0.468 bits per heavy atom. The molecule has 3 aliphatic heterocycles. The van der Waals surface area contributed by atoms with Crippen molar-refractivity contribution in [3.63, 3.8) is 0 Å². The van der Waals surface area contributed by atoms with Crippen LogP contribution in [0.25, 0.3) is 0 Å². The molecule has 454 valence electrons. The Labute approximate surface area is 470 Å². The number of aliphatic hydroxyl groups is 11. The number of nitrogens with one attached hydrogen (secondary N) is 1. The summed E-state index contributed by atoms with van der Waals surface area (Å²) in [6.07, 6.45) is 24.0. The molecule has 79 heavy (non-hydrogen) atoms. The Bertz CT molecular complexity index is 1770. The molecule has 19 heteroatoms. The van der Waals surface area contributed by atoms with Crippen LogP contribution in [-0.4, -0.2) is 193 Å². The zero-order chi connectivity index (χ0) is 57.6. The SMILES string of the molecule is CC/C=C\C/C=C\C/C=C\C/C=C\C/C=C\C/C=C\C/C=C\CCCC(=O)NC(COC1OC(CO)C(OC2OC(CO)C(OC3OC(CO)C(O)C(O)C3O)C(O)C2O)C(O)C1O)C(O)CCCCCCCCCCCCC. The summed E-state index contributed by atoms with van der Waals surface area (Å²) in [5, 5.41) is 120. The number of carbonyl (C=O) groups is 1. The van der Waals surface area contributed by atoms with Gasteiger partial charge in [-0.05, 0) is 64.2 Å². The molecular weight excluding hydrogens is 1020 g/mol. The summed E-state index contributed by atoms with van der Waals surface area (Å²) in [6, 6.07) is -0.922. The van der Waals surface area contributed by atoms with E-state index in [0.717, 1.165) is 64.2 Å². The molecule has 3 aliphatic rings. The molecule has 0 bridgehead atoms. The Morgan fingerprint density at radius 3 is 1.32 bits per heavy atom. The van der Waals surface area contributed by atoms with E-state index in [9.17, 15) is 61.0 Å². The van der Waals surface area contributed by atoms with Gasteiger partial charge in [-0.3, -0.25) is 4.79 Å². The highest BCUT2D eigenvalue weighted by Gasteiger charge is 2.53. The van der Waals surface area contributed by atoms with Crippen LogP contribution in [0.4, 0.5) is 0 Å². The van der Waals surface area contributed by atoms with Crippen molar-refractivity contribution < 1.29 is 89.4 Å². The Hall–Kier alpha value is -3.03. The summed E-state index contributed by atoms with van der Waals surface area (Å²) < 4.78 is 34.2. The third-order valence-electron chi connectivity index (χ3n) is 14.2.